The summed E-state index contributed by atoms with van der Waals surface area (Å²) in [7, 11) is 0. The molecule has 0 bridgehead atoms. The summed E-state index contributed by atoms with van der Waals surface area (Å²) in [6, 6.07) is 9.02. The Morgan fingerprint density at radius 2 is 1.71 bits per heavy atom. The number of hydrogen-bond donors (Lipinski definition) is 0. The van der Waals surface area contributed by atoms with Crippen LogP contribution >= 0.6 is 0 Å². The molecule has 0 saturated heterocycles. The van der Waals surface area contributed by atoms with Crippen LogP contribution in [-0.4, -0.2) is 5.97 Å². The average Bonchev–Trinajstić information content (AvgIpc) is 2.82. The molecule has 0 aliphatic heterocycles. The highest BCUT2D eigenvalue weighted by molar-refractivity contribution is 5.75. The number of benzene rings is 1. The van der Waals surface area contributed by atoms with Gasteiger partial charge in [-0.3, -0.25) is 4.79 Å². The number of carbonyl (C=O) groups is 1. The van der Waals surface area contributed by atoms with Crippen molar-refractivity contribution in [1.82, 2.24) is 0 Å². The first kappa shape index (κ1) is 22.4. The number of esters is 1. The molecule has 0 radical (unpaired) electrons. The van der Waals surface area contributed by atoms with Crippen LogP contribution in [0.25, 0.3) is 0 Å². The van der Waals surface area contributed by atoms with E-state index in [4.69, 9.17) is 10.00 Å². The van der Waals surface area contributed by atoms with Gasteiger partial charge in [-0.15, -0.1) is 0 Å². The van der Waals surface area contributed by atoms with Crippen molar-refractivity contribution < 1.29 is 9.53 Å². The van der Waals surface area contributed by atoms with Crippen LogP contribution in [0.3, 0.4) is 0 Å². The average molecular weight is 422 g/mol. The number of ether oxygens (including phenoxy) is 1. The van der Waals surface area contributed by atoms with Crippen molar-refractivity contribution in [2.45, 2.75) is 90.4 Å². The van der Waals surface area contributed by atoms with Gasteiger partial charge >= 0.3 is 5.97 Å². The molecule has 1 aromatic carbocycles. The van der Waals surface area contributed by atoms with E-state index >= 15 is 0 Å². The van der Waals surface area contributed by atoms with Gasteiger partial charge in [0.25, 0.3) is 0 Å². The van der Waals surface area contributed by atoms with Crippen LogP contribution in [0.5, 0.6) is 5.75 Å². The zero-order valence-corrected chi connectivity index (χ0v) is 19.2. The number of nitrogens with zero attached hydrogens (tertiary/aromatic N) is 1. The summed E-state index contributed by atoms with van der Waals surface area (Å²) < 4.78 is 5.74. The van der Waals surface area contributed by atoms with Crippen LogP contribution in [0.4, 0.5) is 0 Å². The maximum absolute atomic E-state index is 13.0. The molecule has 3 heteroatoms. The predicted molar refractivity (Wildman–Crippen MR) is 123 cm³/mol. The van der Waals surface area contributed by atoms with Crippen molar-refractivity contribution in [3.63, 3.8) is 0 Å². The predicted octanol–water partition coefficient (Wildman–Crippen LogP) is 7.29. The van der Waals surface area contributed by atoms with Crippen molar-refractivity contribution in [3.05, 3.63) is 29.8 Å². The monoisotopic (exact) mass is 421 g/mol. The Morgan fingerprint density at radius 1 is 0.968 bits per heavy atom. The standard InChI is InChI=1S/C28H39NO2/c1-2-3-5-20-8-12-22(13-9-20)23-14-17-26-24(18-23)6-4-7-27(26)28(30)31-25-15-10-21(19-29)11-16-25/h10-11,15-16,20,22-24,26-27H,2-9,12-14,17-18H2,1H3. The number of fused-ring (bicyclic) bond motifs is 1. The fourth-order valence-corrected chi connectivity index (χ4v) is 6.95. The molecule has 3 saturated carbocycles. The molecule has 3 nitrogen and oxygen atoms in total. The molecule has 3 aliphatic rings. The van der Waals surface area contributed by atoms with E-state index in [0.29, 0.717) is 23.1 Å². The summed E-state index contributed by atoms with van der Waals surface area (Å²) in [5.41, 5.74) is 0.593. The Kier molecular flexibility index (Phi) is 7.70. The number of unbranched alkanes of at least 4 members (excludes halogenated alkanes) is 1. The zero-order chi connectivity index (χ0) is 21.6. The van der Waals surface area contributed by atoms with Crippen LogP contribution in [-0.2, 0) is 4.79 Å². The van der Waals surface area contributed by atoms with Gasteiger partial charge in [-0.2, -0.15) is 5.26 Å². The van der Waals surface area contributed by atoms with Crippen LogP contribution < -0.4 is 4.74 Å². The second-order valence-corrected chi connectivity index (χ2v) is 10.5. The molecule has 0 spiro atoms. The van der Waals surface area contributed by atoms with Gasteiger partial charge in [0.15, 0.2) is 0 Å². The van der Waals surface area contributed by atoms with Gasteiger partial charge in [0.2, 0.25) is 0 Å². The van der Waals surface area contributed by atoms with E-state index in [1.807, 2.05) is 0 Å². The highest BCUT2D eigenvalue weighted by atomic mass is 16.5. The molecule has 31 heavy (non-hydrogen) atoms. The van der Waals surface area contributed by atoms with E-state index in [9.17, 15) is 4.79 Å². The Labute approximate surface area is 188 Å². The molecule has 4 atom stereocenters. The first-order valence-corrected chi connectivity index (χ1v) is 12.9. The molecule has 3 aliphatic carbocycles. The number of nitriles is 1. The molecule has 1 aromatic rings. The minimum absolute atomic E-state index is 0.0470. The molecule has 168 valence electrons. The normalized spacial score (nSPS) is 33.2. The van der Waals surface area contributed by atoms with E-state index in [-0.39, 0.29) is 11.9 Å². The second-order valence-electron chi connectivity index (χ2n) is 10.5. The zero-order valence-electron chi connectivity index (χ0n) is 19.2. The maximum atomic E-state index is 13.0. The summed E-state index contributed by atoms with van der Waals surface area (Å²) in [6.45, 7) is 2.31. The summed E-state index contributed by atoms with van der Waals surface area (Å²) in [4.78, 5) is 13.0. The molecular formula is C28H39NO2. The van der Waals surface area contributed by atoms with Crippen molar-refractivity contribution in [3.8, 4) is 11.8 Å². The molecule has 0 aromatic heterocycles. The summed E-state index contributed by atoms with van der Waals surface area (Å²) in [6.07, 6.45) is 17.3. The van der Waals surface area contributed by atoms with Crippen molar-refractivity contribution in [2.24, 2.45) is 35.5 Å². The van der Waals surface area contributed by atoms with Crippen molar-refractivity contribution in [2.75, 3.05) is 0 Å². The van der Waals surface area contributed by atoms with Gasteiger partial charge in [-0.1, -0.05) is 51.9 Å². The van der Waals surface area contributed by atoms with Crippen LogP contribution in [0.15, 0.2) is 24.3 Å². The van der Waals surface area contributed by atoms with Gasteiger partial charge in [-0.05, 0) is 92.4 Å². The lowest BCUT2D eigenvalue weighted by Crippen LogP contribution is -2.40. The van der Waals surface area contributed by atoms with Gasteiger partial charge < -0.3 is 4.74 Å². The van der Waals surface area contributed by atoms with Crippen molar-refractivity contribution >= 4 is 5.97 Å². The Morgan fingerprint density at radius 3 is 2.42 bits per heavy atom. The molecule has 4 rings (SSSR count). The highest BCUT2D eigenvalue weighted by Crippen LogP contribution is 2.50. The van der Waals surface area contributed by atoms with E-state index in [1.54, 1.807) is 24.3 Å². The smallest absolute Gasteiger partial charge is 0.314 e. The van der Waals surface area contributed by atoms with Crippen LogP contribution in [0, 0.1) is 46.8 Å². The number of hydrogen-bond acceptors (Lipinski definition) is 3. The van der Waals surface area contributed by atoms with Gasteiger partial charge in [-0.25, -0.2) is 0 Å². The molecule has 4 unspecified atom stereocenters. The quantitative estimate of drug-likeness (QED) is 0.358. The minimum Gasteiger partial charge on any atom is -0.426 e. The fourth-order valence-electron chi connectivity index (χ4n) is 6.95. The molecule has 0 N–H and O–H groups in total. The van der Waals surface area contributed by atoms with Crippen LogP contribution in [0.1, 0.15) is 96.0 Å². The maximum Gasteiger partial charge on any atom is 0.314 e. The lowest BCUT2D eigenvalue weighted by molar-refractivity contribution is -0.144. The molecule has 3 fully saturated rings. The highest BCUT2D eigenvalue weighted by Gasteiger charge is 2.43. The van der Waals surface area contributed by atoms with E-state index < -0.39 is 0 Å². The minimum atomic E-state index is -0.0470. The number of rotatable bonds is 6. The lowest BCUT2D eigenvalue weighted by Gasteiger charge is -2.46. The first-order chi connectivity index (χ1) is 15.2. The second kappa shape index (κ2) is 10.7. The van der Waals surface area contributed by atoms with E-state index in [2.05, 4.69) is 13.0 Å². The van der Waals surface area contributed by atoms with Crippen molar-refractivity contribution in [1.29, 1.82) is 5.26 Å². The van der Waals surface area contributed by atoms with Crippen LogP contribution in [0.2, 0.25) is 0 Å². The summed E-state index contributed by atoms with van der Waals surface area (Å²) in [5.74, 6) is 4.62. The van der Waals surface area contributed by atoms with Gasteiger partial charge in [0.05, 0.1) is 17.6 Å². The Balaban J connectivity index is 1.30. The third-order valence-electron chi connectivity index (χ3n) is 8.72. The molecule has 0 amide bonds. The van der Waals surface area contributed by atoms with E-state index in [0.717, 1.165) is 30.6 Å². The summed E-state index contributed by atoms with van der Waals surface area (Å²) >= 11 is 0. The first-order valence-electron chi connectivity index (χ1n) is 12.9. The molecular weight excluding hydrogens is 382 g/mol. The molecule has 0 heterocycles. The third-order valence-corrected chi connectivity index (χ3v) is 8.72. The third kappa shape index (κ3) is 5.51. The summed E-state index contributed by atoms with van der Waals surface area (Å²) in [5, 5.41) is 8.95. The van der Waals surface area contributed by atoms with Gasteiger partial charge in [0, 0.05) is 0 Å². The fraction of sp³-hybridized carbons (Fsp3) is 0.714. The Hall–Kier alpha value is -1.82. The topological polar surface area (TPSA) is 50.1 Å². The number of carbonyl (C=O) groups excluding carboxylic acids is 1. The largest absolute Gasteiger partial charge is 0.426 e. The lowest BCUT2D eigenvalue weighted by atomic mass is 9.59. The van der Waals surface area contributed by atoms with E-state index in [1.165, 1.54) is 70.6 Å². The van der Waals surface area contributed by atoms with Gasteiger partial charge in [0.1, 0.15) is 5.75 Å². The Bertz CT molecular complexity index is 756. The SMILES string of the molecule is CCCCC1CCC(C2CCC3C(CCCC3C(=O)Oc3ccc(C#N)cc3)C2)CC1.